The van der Waals surface area contributed by atoms with E-state index < -0.39 is 5.60 Å². The fourth-order valence-electron chi connectivity index (χ4n) is 0.949. The highest BCUT2D eigenvalue weighted by atomic mass is 16.3. The molecule has 0 rings (SSSR count). The van der Waals surface area contributed by atoms with Gasteiger partial charge in [0.2, 0.25) is 0 Å². The van der Waals surface area contributed by atoms with Crippen molar-refractivity contribution < 1.29 is 10.2 Å². The summed E-state index contributed by atoms with van der Waals surface area (Å²) >= 11 is 0. The first-order valence-corrected chi connectivity index (χ1v) is 3.87. The van der Waals surface area contributed by atoms with E-state index in [2.05, 4.69) is 0 Å². The van der Waals surface area contributed by atoms with Crippen LogP contribution >= 0.6 is 0 Å². The standard InChI is InChI=1S/C8H18O2/c1-4-5-8(3,10)7(2)6-9/h7,9-10H,4-6H2,1-3H3. The second kappa shape index (κ2) is 3.94. The summed E-state index contributed by atoms with van der Waals surface area (Å²) in [6.07, 6.45) is 1.71. The van der Waals surface area contributed by atoms with Gasteiger partial charge in [-0.05, 0) is 13.3 Å². The number of hydrogen-bond donors (Lipinski definition) is 2. The molecule has 2 unspecified atom stereocenters. The minimum atomic E-state index is -0.691. The van der Waals surface area contributed by atoms with Gasteiger partial charge in [0.15, 0.2) is 0 Å². The Morgan fingerprint density at radius 3 is 2.30 bits per heavy atom. The molecule has 2 heteroatoms. The minimum absolute atomic E-state index is 0.0209. The molecule has 0 aromatic heterocycles. The molecule has 0 radical (unpaired) electrons. The van der Waals surface area contributed by atoms with E-state index in [1.54, 1.807) is 6.92 Å². The molecule has 2 nitrogen and oxygen atoms in total. The zero-order chi connectivity index (χ0) is 8.20. The third kappa shape index (κ3) is 2.67. The van der Waals surface area contributed by atoms with Crippen LogP contribution in [-0.2, 0) is 0 Å². The summed E-state index contributed by atoms with van der Waals surface area (Å²) in [7, 11) is 0. The lowest BCUT2D eigenvalue weighted by molar-refractivity contribution is -0.0234. The van der Waals surface area contributed by atoms with Gasteiger partial charge >= 0.3 is 0 Å². The Hall–Kier alpha value is -0.0800. The Morgan fingerprint density at radius 2 is 2.00 bits per heavy atom. The van der Waals surface area contributed by atoms with Crippen LogP contribution in [0.15, 0.2) is 0 Å². The molecule has 0 saturated carbocycles. The number of aliphatic hydroxyl groups is 2. The highest BCUT2D eigenvalue weighted by molar-refractivity contribution is 4.77. The molecule has 0 spiro atoms. The van der Waals surface area contributed by atoms with Gasteiger partial charge in [-0.25, -0.2) is 0 Å². The van der Waals surface area contributed by atoms with Crippen molar-refractivity contribution in [2.24, 2.45) is 5.92 Å². The van der Waals surface area contributed by atoms with E-state index in [1.165, 1.54) is 0 Å². The van der Waals surface area contributed by atoms with Crippen LogP contribution in [0.25, 0.3) is 0 Å². The minimum Gasteiger partial charge on any atom is -0.396 e. The van der Waals surface area contributed by atoms with Gasteiger partial charge in [-0.3, -0.25) is 0 Å². The van der Waals surface area contributed by atoms with Gasteiger partial charge in [-0.2, -0.15) is 0 Å². The average Bonchev–Trinajstić information content (AvgIpc) is 1.86. The van der Waals surface area contributed by atoms with Crippen LogP contribution in [0.1, 0.15) is 33.6 Å². The lowest BCUT2D eigenvalue weighted by Crippen LogP contribution is -2.34. The molecule has 0 aromatic rings. The smallest absolute Gasteiger partial charge is 0.0666 e. The molecule has 0 fully saturated rings. The Bertz CT molecular complexity index is 89.3. The van der Waals surface area contributed by atoms with E-state index >= 15 is 0 Å². The van der Waals surface area contributed by atoms with E-state index in [4.69, 9.17) is 5.11 Å². The molecule has 2 N–H and O–H groups in total. The third-order valence-electron chi connectivity index (χ3n) is 2.09. The van der Waals surface area contributed by atoms with Gasteiger partial charge in [0, 0.05) is 12.5 Å². The molecule has 0 aliphatic rings. The predicted molar refractivity (Wildman–Crippen MR) is 41.8 cm³/mol. The van der Waals surface area contributed by atoms with Crippen molar-refractivity contribution in [1.82, 2.24) is 0 Å². The van der Waals surface area contributed by atoms with Gasteiger partial charge < -0.3 is 10.2 Å². The first-order chi connectivity index (χ1) is 4.54. The fourth-order valence-corrected chi connectivity index (χ4v) is 0.949. The van der Waals surface area contributed by atoms with Gasteiger partial charge in [0.1, 0.15) is 0 Å². The molecule has 0 heterocycles. The van der Waals surface area contributed by atoms with E-state index in [0.29, 0.717) is 0 Å². The van der Waals surface area contributed by atoms with Crippen LogP contribution in [0.2, 0.25) is 0 Å². The maximum absolute atomic E-state index is 9.62. The van der Waals surface area contributed by atoms with Gasteiger partial charge in [0.25, 0.3) is 0 Å². The average molecular weight is 146 g/mol. The van der Waals surface area contributed by atoms with E-state index in [9.17, 15) is 5.11 Å². The second-order valence-electron chi connectivity index (χ2n) is 3.19. The van der Waals surface area contributed by atoms with Crippen LogP contribution in [0.4, 0.5) is 0 Å². The Morgan fingerprint density at radius 1 is 1.50 bits per heavy atom. The van der Waals surface area contributed by atoms with E-state index in [-0.39, 0.29) is 12.5 Å². The number of rotatable bonds is 4. The molecular weight excluding hydrogens is 128 g/mol. The van der Waals surface area contributed by atoms with Crippen LogP contribution < -0.4 is 0 Å². The molecular formula is C8H18O2. The summed E-state index contributed by atoms with van der Waals surface area (Å²) in [5.41, 5.74) is -0.691. The van der Waals surface area contributed by atoms with Crippen LogP contribution in [0.3, 0.4) is 0 Å². The zero-order valence-corrected chi connectivity index (χ0v) is 7.09. The van der Waals surface area contributed by atoms with Gasteiger partial charge in [-0.1, -0.05) is 20.3 Å². The van der Waals surface area contributed by atoms with Crippen molar-refractivity contribution >= 4 is 0 Å². The summed E-state index contributed by atoms with van der Waals surface area (Å²) in [4.78, 5) is 0. The SMILES string of the molecule is CCCC(C)(O)C(C)CO. The van der Waals surface area contributed by atoms with Crippen molar-refractivity contribution in [2.75, 3.05) is 6.61 Å². The lowest BCUT2D eigenvalue weighted by Gasteiger charge is -2.28. The van der Waals surface area contributed by atoms with Crippen LogP contribution in [-0.4, -0.2) is 22.4 Å². The molecule has 0 aliphatic carbocycles. The van der Waals surface area contributed by atoms with Gasteiger partial charge in [0.05, 0.1) is 5.60 Å². The van der Waals surface area contributed by atoms with Gasteiger partial charge in [-0.15, -0.1) is 0 Å². The first kappa shape index (κ1) is 9.92. The molecule has 0 amide bonds. The van der Waals surface area contributed by atoms with E-state index in [1.807, 2.05) is 13.8 Å². The van der Waals surface area contributed by atoms with Crippen LogP contribution in [0.5, 0.6) is 0 Å². The summed E-state index contributed by atoms with van der Waals surface area (Å²) in [5, 5.41) is 18.4. The largest absolute Gasteiger partial charge is 0.396 e. The topological polar surface area (TPSA) is 40.5 Å². The molecule has 0 bridgehead atoms. The predicted octanol–water partition coefficient (Wildman–Crippen LogP) is 1.17. The Labute approximate surface area is 62.9 Å². The maximum atomic E-state index is 9.62. The third-order valence-corrected chi connectivity index (χ3v) is 2.09. The molecule has 10 heavy (non-hydrogen) atoms. The maximum Gasteiger partial charge on any atom is 0.0666 e. The molecule has 62 valence electrons. The van der Waals surface area contributed by atoms with Crippen LogP contribution in [0, 0.1) is 5.92 Å². The van der Waals surface area contributed by atoms with Crippen molar-refractivity contribution in [3.8, 4) is 0 Å². The Balaban J connectivity index is 3.82. The van der Waals surface area contributed by atoms with E-state index in [0.717, 1.165) is 12.8 Å². The lowest BCUT2D eigenvalue weighted by atomic mass is 9.87. The monoisotopic (exact) mass is 146 g/mol. The normalized spacial score (nSPS) is 20.1. The summed E-state index contributed by atoms with van der Waals surface area (Å²) in [6.45, 7) is 5.72. The second-order valence-corrected chi connectivity index (χ2v) is 3.19. The zero-order valence-electron chi connectivity index (χ0n) is 7.09. The highest BCUT2D eigenvalue weighted by Gasteiger charge is 2.25. The molecule has 0 saturated heterocycles. The Kier molecular flexibility index (Phi) is 3.91. The van der Waals surface area contributed by atoms with Crippen molar-refractivity contribution in [1.29, 1.82) is 0 Å². The molecule has 2 atom stereocenters. The molecule has 0 aromatic carbocycles. The van der Waals surface area contributed by atoms with Crippen molar-refractivity contribution in [3.05, 3.63) is 0 Å². The first-order valence-electron chi connectivity index (χ1n) is 3.87. The number of aliphatic hydroxyl groups excluding tert-OH is 1. The number of hydrogen-bond acceptors (Lipinski definition) is 2. The quantitative estimate of drug-likeness (QED) is 0.625. The molecule has 0 aliphatic heterocycles. The summed E-state index contributed by atoms with van der Waals surface area (Å²) < 4.78 is 0. The fraction of sp³-hybridized carbons (Fsp3) is 1.00. The summed E-state index contributed by atoms with van der Waals surface area (Å²) in [5.74, 6) is -0.0209. The highest BCUT2D eigenvalue weighted by Crippen LogP contribution is 2.21. The summed E-state index contributed by atoms with van der Waals surface area (Å²) in [6, 6.07) is 0. The van der Waals surface area contributed by atoms with Crippen molar-refractivity contribution in [2.45, 2.75) is 39.2 Å². The van der Waals surface area contributed by atoms with Crippen molar-refractivity contribution in [3.63, 3.8) is 0 Å².